The Labute approximate surface area is 514 Å². The summed E-state index contributed by atoms with van der Waals surface area (Å²) in [6.07, 6.45) is 96.8. The van der Waals surface area contributed by atoms with Gasteiger partial charge < -0.3 is 14.2 Å². The molecule has 0 amide bonds. The first-order chi connectivity index (χ1) is 41.0. The van der Waals surface area contributed by atoms with Gasteiger partial charge in [0.15, 0.2) is 6.10 Å². The second-order valence-corrected chi connectivity index (χ2v) is 23.4. The van der Waals surface area contributed by atoms with Crippen LogP contribution in [0, 0.1) is 0 Å². The van der Waals surface area contributed by atoms with E-state index in [1.807, 2.05) is 0 Å². The SMILES string of the molecule is CC/C=C\C/C=C\C/C=C\C/C=C\C/C=C\CCCCCCCCCCCCCCCC(=O)OCC(COC(=O)CCCCCCC/C=C\CCCCCCCC)OC(=O)CCCCCCCC/C=C\C/C=C\C/C=C\CCCCCCC. The van der Waals surface area contributed by atoms with Gasteiger partial charge >= 0.3 is 17.9 Å². The number of esters is 3. The Bertz CT molecular complexity index is 1660. The molecule has 0 heterocycles. The fraction of sp³-hybridized carbons (Fsp3) is 0.727. The molecule has 1 unspecified atom stereocenters. The lowest BCUT2D eigenvalue weighted by molar-refractivity contribution is -0.167. The molecule has 0 aliphatic heterocycles. The topological polar surface area (TPSA) is 78.9 Å². The Morgan fingerprint density at radius 3 is 0.747 bits per heavy atom. The molecule has 0 aliphatic carbocycles. The Morgan fingerprint density at radius 2 is 0.470 bits per heavy atom. The zero-order valence-corrected chi connectivity index (χ0v) is 54.7. The third-order valence-corrected chi connectivity index (χ3v) is 15.2. The van der Waals surface area contributed by atoms with Crippen molar-refractivity contribution >= 4 is 17.9 Å². The molecule has 0 aromatic heterocycles. The zero-order valence-electron chi connectivity index (χ0n) is 54.7. The number of ether oxygens (including phenoxy) is 3. The maximum Gasteiger partial charge on any atom is 0.306 e. The summed E-state index contributed by atoms with van der Waals surface area (Å²) in [6, 6.07) is 0. The standard InChI is InChI=1S/C77H132O6/c1-4-7-10-13-16-19-22-25-28-30-32-34-35-36-37-38-39-40-41-43-44-46-49-52-55-58-61-64-67-70-76(79)82-73-74(72-81-75(78)69-66-63-60-57-54-51-48-27-24-21-18-15-12-9-6-3)83-77(80)71-68-65-62-59-56-53-50-47-45-42-33-31-29-26-23-20-17-14-11-8-5-2/h7,10,16,19,23,25-28,31-34,36-37,45,47-48,74H,4-6,8-9,11-15,17-18,20-22,24,29-30,35,38-44,46,49-73H2,1-3H3/b10-7-,19-16-,26-23-,28-25-,33-31-,34-32-,37-36-,47-45-,48-27-. The van der Waals surface area contributed by atoms with Crippen LogP contribution in [0.25, 0.3) is 0 Å². The van der Waals surface area contributed by atoms with Gasteiger partial charge in [0.05, 0.1) is 0 Å². The number of rotatable bonds is 64. The van der Waals surface area contributed by atoms with E-state index in [2.05, 4.69) is 130 Å². The maximum atomic E-state index is 13.0. The highest BCUT2D eigenvalue weighted by Crippen LogP contribution is 2.17. The van der Waals surface area contributed by atoms with E-state index in [1.54, 1.807) is 0 Å². The van der Waals surface area contributed by atoms with Crippen LogP contribution in [0.15, 0.2) is 109 Å². The van der Waals surface area contributed by atoms with Crippen LogP contribution in [0.1, 0.15) is 342 Å². The van der Waals surface area contributed by atoms with Gasteiger partial charge in [0.25, 0.3) is 0 Å². The molecule has 0 N–H and O–H groups in total. The van der Waals surface area contributed by atoms with Crippen molar-refractivity contribution in [3.8, 4) is 0 Å². The Balaban J connectivity index is 4.33. The molecule has 0 spiro atoms. The Hall–Kier alpha value is -3.93. The van der Waals surface area contributed by atoms with E-state index in [0.717, 1.165) is 122 Å². The van der Waals surface area contributed by atoms with E-state index < -0.39 is 6.10 Å². The number of hydrogen-bond donors (Lipinski definition) is 0. The van der Waals surface area contributed by atoms with Gasteiger partial charge in [-0.25, -0.2) is 0 Å². The predicted octanol–water partition coefficient (Wildman–Crippen LogP) is 24.6. The van der Waals surface area contributed by atoms with E-state index >= 15 is 0 Å². The molecule has 0 saturated heterocycles. The summed E-state index contributed by atoms with van der Waals surface area (Å²) in [5.74, 6) is -0.894. The molecule has 0 rings (SSSR count). The van der Waals surface area contributed by atoms with Crippen molar-refractivity contribution < 1.29 is 28.6 Å². The van der Waals surface area contributed by atoms with Gasteiger partial charge in [-0.15, -0.1) is 0 Å². The largest absolute Gasteiger partial charge is 0.462 e. The lowest BCUT2D eigenvalue weighted by Crippen LogP contribution is -2.30. The van der Waals surface area contributed by atoms with Crippen LogP contribution < -0.4 is 0 Å². The van der Waals surface area contributed by atoms with E-state index in [4.69, 9.17) is 14.2 Å². The quantitative estimate of drug-likeness (QED) is 0.0261. The van der Waals surface area contributed by atoms with Gasteiger partial charge in [-0.1, -0.05) is 304 Å². The molecule has 83 heavy (non-hydrogen) atoms. The van der Waals surface area contributed by atoms with E-state index in [1.165, 1.54) is 180 Å². The van der Waals surface area contributed by atoms with Crippen LogP contribution >= 0.6 is 0 Å². The monoisotopic (exact) mass is 1150 g/mol. The molecule has 6 heteroatoms. The number of carbonyl (C=O) groups is 3. The van der Waals surface area contributed by atoms with Crippen molar-refractivity contribution in [2.24, 2.45) is 0 Å². The van der Waals surface area contributed by atoms with Crippen LogP contribution in [0.5, 0.6) is 0 Å². The van der Waals surface area contributed by atoms with Gasteiger partial charge in [0, 0.05) is 19.3 Å². The molecule has 6 nitrogen and oxygen atoms in total. The van der Waals surface area contributed by atoms with Gasteiger partial charge in [-0.3, -0.25) is 14.4 Å². The molecule has 0 fully saturated rings. The smallest absolute Gasteiger partial charge is 0.306 e. The second kappa shape index (κ2) is 70.6. The van der Waals surface area contributed by atoms with E-state index in [-0.39, 0.29) is 31.1 Å². The third kappa shape index (κ3) is 68.7. The summed E-state index contributed by atoms with van der Waals surface area (Å²) < 4.78 is 17.0. The molecule has 0 bridgehead atoms. The normalized spacial score (nSPS) is 12.8. The van der Waals surface area contributed by atoms with E-state index in [0.29, 0.717) is 19.3 Å². The summed E-state index contributed by atoms with van der Waals surface area (Å²) in [4.78, 5) is 38.5. The fourth-order valence-electron chi connectivity index (χ4n) is 9.94. The minimum atomic E-state index is -0.792. The molecular weight excluding hydrogens is 1020 g/mol. The second-order valence-electron chi connectivity index (χ2n) is 23.4. The predicted molar refractivity (Wildman–Crippen MR) is 362 cm³/mol. The van der Waals surface area contributed by atoms with Crippen molar-refractivity contribution in [3.05, 3.63) is 109 Å². The van der Waals surface area contributed by atoms with Gasteiger partial charge in [-0.05, 0) is 128 Å². The van der Waals surface area contributed by atoms with Crippen LogP contribution in [0.2, 0.25) is 0 Å². The summed E-state index contributed by atoms with van der Waals surface area (Å²) in [5, 5.41) is 0. The van der Waals surface area contributed by atoms with Gasteiger partial charge in [0.1, 0.15) is 13.2 Å². The number of hydrogen-bond acceptors (Lipinski definition) is 6. The molecule has 0 aromatic rings. The van der Waals surface area contributed by atoms with Crippen molar-refractivity contribution in [1.82, 2.24) is 0 Å². The van der Waals surface area contributed by atoms with Crippen LogP contribution in [-0.4, -0.2) is 37.2 Å². The first-order valence-corrected chi connectivity index (χ1v) is 35.4. The number of carbonyl (C=O) groups excluding carboxylic acids is 3. The molecule has 0 aliphatic rings. The molecule has 0 aromatic carbocycles. The van der Waals surface area contributed by atoms with Crippen molar-refractivity contribution in [3.63, 3.8) is 0 Å². The lowest BCUT2D eigenvalue weighted by Gasteiger charge is -2.18. The van der Waals surface area contributed by atoms with Crippen molar-refractivity contribution in [2.75, 3.05) is 13.2 Å². The Kier molecular flexibility index (Phi) is 67.2. The number of allylic oxidation sites excluding steroid dienone is 18. The fourth-order valence-corrected chi connectivity index (χ4v) is 9.94. The first kappa shape index (κ1) is 79.1. The summed E-state index contributed by atoms with van der Waals surface area (Å²) in [6.45, 7) is 6.53. The van der Waals surface area contributed by atoms with Crippen LogP contribution in [-0.2, 0) is 28.6 Å². The molecular formula is C77H132O6. The highest BCUT2D eigenvalue weighted by molar-refractivity contribution is 5.71. The number of unbranched alkanes of at least 4 members (excludes halogenated alkanes) is 35. The highest BCUT2D eigenvalue weighted by Gasteiger charge is 2.19. The summed E-state index contributed by atoms with van der Waals surface area (Å²) in [7, 11) is 0. The summed E-state index contributed by atoms with van der Waals surface area (Å²) >= 11 is 0. The maximum absolute atomic E-state index is 13.0. The van der Waals surface area contributed by atoms with Gasteiger partial charge in [0.2, 0.25) is 0 Å². The average Bonchev–Trinajstić information content (AvgIpc) is 3.49. The van der Waals surface area contributed by atoms with Crippen molar-refractivity contribution in [1.29, 1.82) is 0 Å². The zero-order chi connectivity index (χ0) is 59.9. The summed E-state index contributed by atoms with van der Waals surface area (Å²) in [5.41, 5.74) is 0. The van der Waals surface area contributed by atoms with Crippen molar-refractivity contribution in [2.45, 2.75) is 348 Å². The van der Waals surface area contributed by atoms with Crippen LogP contribution in [0.3, 0.4) is 0 Å². The first-order valence-electron chi connectivity index (χ1n) is 35.4. The minimum absolute atomic E-state index is 0.0856. The molecule has 0 saturated carbocycles. The third-order valence-electron chi connectivity index (χ3n) is 15.2. The highest BCUT2D eigenvalue weighted by atomic mass is 16.6. The average molecular weight is 1150 g/mol. The van der Waals surface area contributed by atoms with Gasteiger partial charge in [-0.2, -0.15) is 0 Å². The minimum Gasteiger partial charge on any atom is -0.462 e. The molecule has 0 radical (unpaired) electrons. The van der Waals surface area contributed by atoms with Crippen LogP contribution in [0.4, 0.5) is 0 Å². The molecule has 1 atom stereocenters. The lowest BCUT2D eigenvalue weighted by atomic mass is 10.0. The Morgan fingerprint density at radius 1 is 0.253 bits per heavy atom. The van der Waals surface area contributed by atoms with E-state index in [9.17, 15) is 14.4 Å². The molecule has 476 valence electrons.